The maximum atomic E-state index is 13.7. The SMILES string of the molecule is CCCOC1C(OCCCNC(=O)OCc2ccccc2)COC1(c1cc(OC)c(OC)c(OC)c1)c1ccccc1S(=O)(=O)CCC. The zero-order valence-corrected chi connectivity index (χ0v) is 29.2. The minimum Gasteiger partial charge on any atom is -0.493 e. The summed E-state index contributed by atoms with van der Waals surface area (Å²) in [6, 6.07) is 19.8. The van der Waals surface area contributed by atoms with Crippen LogP contribution in [0.3, 0.4) is 0 Å². The standard InChI is InChI=1S/C36H47NO10S/c1-6-19-45-34-31(44-20-13-18-37-35(38)46-24-26-14-9-8-10-15-26)25-47-36(34,27-22-29(41-3)33(43-5)30(23-27)42-4)28-16-11-12-17-32(28)48(39,40)21-7-2/h8-12,14-17,22-23,31,34H,6-7,13,18-21,24-25H2,1-5H3,(H,37,38). The van der Waals surface area contributed by atoms with Crippen LogP contribution in [0.1, 0.15) is 49.8 Å². The lowest BCUT2D eigenvalue weighted by atomic mass is 9.80. The van der Waals surface area contributed by atoms with Gasteiger partial charge in [-0.15, -0.1) is 0 Å². The lowest BCUT2D eigenvalue weighted by Crippen LogP contribution is -2.45. The van der Waals surface area contributed by atoms with Crippen LogP contribution in [0, 0.1) is 0 Å². The zero-order chi connectivity index (χ0) is 34.6. The molecule has 1 fully saturated rings. The van der Waals surface area contributed by atoms with Gasteiger partial charge in [0, 0.05) is 25.3 Å². The molecule has 1 N–H and O–H groups in total. The Morgan fingerprint density at radius 3 is 2.23 bits per heavy atom. The number of carbonyl (C=O) groups excluding carboxylic acids is 1. The molecule has 1 heterocycles. The molecule has 4 rings (SSSR count). The molecule has 3 atom stereocenters. The van der Waals surface area contributed by atoms with Crippen molar-refractivity contribution in [3.63, 3.8) is 0 Å². The van der Waals surface area contributed by atoms with Gasteiger partial charge in [-0.3, -0.25) is 0 Å². The van der Waals surface area contributed by atoms with E-state index in [1.165, 1.54) is 21.3 Å². The zero-order valence-electron chi connectivity index (χ0n) is 28.4. The minimum absolute atomic E-state index is 0.0312. The average molecular weight is 686 g/mol. The molecular formula is C36H47NO10S. The van der Waals surface area contributed by atoms with E-state index in [1.807, 2.05) is 44.2 Å². The van der Waals surface area contributed by atoms with Crippen molar-refractivity contribution in [3.8, 4) is 17.2 Å². The van der Waals surface area contributed by atoms with Crippen molar-refractivity contribution >= 4 is 15.9 Å². The Bertz CT molecular complexity index is 1560. The first kappa shape index (κ1) is 37.0. The van der Waals surface area contributed by atoms with Gasteiger partial charge < -0.3 is 38.5 Å². The van der Waals surface area contributed by atoms with Crippen LogP contribution in [0.25, 0.3) is 0 Å². The minimum atomic E-state index is -3.70. The number of hydrogen-bond donors (Lipinski definition) is 1. The van der Waals surface area contributed by atoms with Crippen LogP contribution in [0.5, 0.6) is 17.2 Å². The van der Waals surface area contributed by atoms with Crippen LogP contribution in [0.15, 0.2) is 71.6 Å². The number of hydrogen-bond acceptors (Lipinski definition) is 10. The summed E-state index contributed by atoms with van der Waals surface area (Å²) in [5.74, 6) is 1.12. The first-order valence-corrected chi connectivity index (χ1v) is 17.8. The highest BCUT2D eigenvalue weighted by Crippen LogP contribution is 2.51. The van der Waals surface area contributed by atoms with Gasteiger partial charge in [0.25, 0.3) is 0 Å². The number of sulfone groups is 1. The quantitative estimate of drug-likeness (QED) is 0.168. The van der Waals surface area contributed by atoms with Crippen LogP contribution in [0.2, 0.25) is 0 Å². The van der Waals surface area contributed by atoms with Gasteiger partial charge in [0.05, 0.1) is 38.6 Å². The second-order valence-electron chi connectivity index (χ2n) is 11.3. The Morgan fingerprint density at radius 1 is 0.896 bits per heavy atom. The molecule has 0 bridgehead atoms. The molecule has 1 aliphatic heterocycles. The summed E-state index contributed by atoms with van der Waals surface area (Å²) in [5.41, 5.74) is 0.466. The highest BCUT2D eigenvalue weighted by atomic mass is 32.2. The number of nitrogens with one attached hydrogen (secondary N) is 1. The molecule has 11 nitrogen and oxygen atoms in total. The van der Waals surface area contributed by atoms with E-state index in [4.69, 9.17) is 33.2 Å². The molecule has 3 unspecified atom stereocenters. The number of rotatable bonds is 18. The molecule has 48 heavy (non-hydrogen) atoms. The summed E-state index contributed by atoms with van der Waals surface area (Å²) >= 11 is 0. The van der Waals surface area contributed by atoms with Crippen LogP contribution >= 0.6 is 0 Å². The van der Waals surface area contributed by atoms with Crippen molar-refractivity contribution in [2.45, 2.75) is 62.4 Å². The van der Waals surface area contributed by atoms with Crippen molar-refractivity contribution in [1.82, 2.24) is 5.32 Å². The lowest BCUT2D eigenvalue weighted by Gasteiger charge is -2.38. The largest absolute Gasteiger partial charge is 0.493 e. The predicted molar refractivity (Wildman–Crippen MR) is 181 cm³/mol. The Morgan fingerprint density at radius 2 is 1.58 bits per heavy atom. The van der Waals surface area contributed by atoms with Gasteiger partial charge in [-0.2, -0.15) is 0 Å². The van der Waals surface area contributed by atoms with E-state index in [0.717, 1.165) is 5.56 Å². The average Bonchev–Trinajstić information content (AvgIpc) is 3.47. The molecule has 1 aliphatic rings. The van der Waals surface area contributed by atoms with E-state index in [1.54, 1.807) is 36.4 Å². The summed E-state index contributed by atoms with van der Waals surface area (Å²) in [4.78, 5) is 12.4. The van der Waals surface area contributed by atoms with Crippen LogP contribution in [-0.2, 0) is 41.0 Å². The summed E-state index contributed by atoms with van der Waals surface area (Å²) < 4.78 is 69.4. The molecule has 3 aromatic rings. The third-order valence-electron chi connectivity index (χ3n) is 8.04. The number of amides is 1. The molecule has 0 aromatic heterocycles. The van der Waals surface area contributed by atoms with Crippen molar-refractivity contribution < 1.29 is 46.4 Å². The van der Waals surface area contributed by atoms with E-state index in [2.05, 4.69) is 5.32 Å². The van der Waals surface area contributed by atoms with Gasteiger partial charge in [-0.1, -0.05) is 62.4 Å². The molecule has 0 aliphatic carbocycles. The number of benzene rings is 3. The maximum Gasteiger partial charge on any atom is 0.407 e. The Balaban J connectivity index is 1.65. The normalized spacial score (nSPS) is 19.1. The molecule has 1 saturated heterocycles. The molecule has 12 heteroatoms. The van der Waals surface area contributed by atoms with Gasteiger partial charge >= 0.3 is 6.09 Å². The molecule has 262 valence electrons. The summed E-state index contributed by atoms with van der Waals surface area (Å²) in [6.45, 7) is 5.10. The highest BCUT2D eigenvalue weighted by Gasteiger charge is 2.56. The Kier molecular flexibility index (Phi) is 13.5. The van der Waals surface area contributed by atoms with Crippen molar-refractivity contribution in [2.24, 2.45) is 0 Å². The smallest absolute Gasteiger partial charge is 0.407 e. The molecule has 0 radical (unpaired) electrons. The fourth-order valence-electron chi connectivity index (χ4n) is 5.87. The topological polar surface area (TPSA) is 128 Å². The predicted octanol–water partition coefficient (Wildman–Crippen LogP) is 5.67. The van der Waals surface area contributed by atoms with Gasteiger partial charge in [0.1, 0.15) is 24.4 Å². The molecule has 0 spiro atoms. The molecular weight excluding hydrogens is 638 g/mol. The second-order valence-corrected chi connectivity index (χ2v) is 13.4. The van der Waals surface area contributed by atoms with E-state index >= 15 is 0 Å². The summed E-state index contributed by atoms with van der Waals surface area (Å²) in [5, 5.41) is 2.75. The Hall–Kier alpha value is -3.84. The number of methoxy groups -OCH3 is 3. The lowest BCUT2D eigenvalue weighted by molar-refractivity contribution is -0.0926. The summed E-state index contributed by atoms with van der Waals surface area (Å²) in [7, 11) is 0.855. The van der Waals surface area contributed by atoms with E-state index in [9.17, 15) is 13.2 Å². The highest BCUT2D eigenvalue weighted by molar-refractivity contribution is 7.91. The van der Waals surface area contributed by atoms with Crippen molar-refractivity contribution in [2.75, 3.05) is 53.4 Å². The third-order valence-corrected chi connectivity index (χ3v) is 10.0. The van der Waals surface area contributed by atoms with Gasteiger partial charge in [0.15, 0.2) is 21.3 Å². The summed E-state index contributed by atoms with van der Waals surface area (Å²) in [6.07, 6.45) is -0.206. The Labute approximate surface area is 283 Å². The van der Waals surface area contributed by atoms with Crippen LogP contribution in [-0.4, -0.2) is 80.2 Å². The second kappa shape index (κ2) is 17.5. The number of carbonyl (C=O) groups is 1. The molecule has 1 amide bonds. The number of alkyl carbamates (subject to hydrolysis) is 1. The third kappa shape index (κ3) is 8.41. The van der Waals surface area contributed by atoms with Gasteiger partial charge in [0.2, 0.25) is 5.75 Å². The van der Waals surface area contributed by atoms with Gasteiger partial charge in [-0.25, -0.2) is 13.2 Å². The number of ether oxygens (including phenoxy) is 7. The molecule has 0 saturated carbocycles. The van der Waals surface area contributed by atoms with Crippen LogP contribution in [0.4, 0.5) is 4.79 Å². The first-order chi connectivity index (χ1) is 23.2. The van der Waals surface area contributed by atoms with Gasteiger partial charge in [-0.05, 0) is 48.6 Å². The van der Waals surface area contributed by atoms with E-state index < -0.39 is 33.7 Å². The first-order valence-electron chi connectivity index (χ1n) is 16.2. The van der Waals surface area contributed by atoms with Crippen molar-refractivity contribution in [1.29, 1.82) is 0 Å². The fourth-order valence-corrected chi connectivity index (χ4v) is 7.47. The van der Waals surface area contributed by atoms with E-state index in [-0.39, 0.29) is 30.5 Å². The fraction of sp³-hybridized carbons (Fsp3) is 0.472. The molecule has 3 aromatic carbocycles. The van der Waals surface area contributed by atoms with E-state index in [0.29, 0.717) is 60.8 Å². The monoisotopic (exact) mass is 685 g/mol. The maximum absolute atomic E-state index is 13.7. The van der Waals surface area contributed by atoms with Crippen LogP contribution < -0.4 is 19.5 Å². The van der Waals surface area contributed by atoms with Crippen molar-refractivity contribution in [3.05, 3.63) is 83.4 Å².